The van der Waals surface area contributed by atoms with Crippen LogP contribution in [0, 0.1) is 5.92 Å². The normalized spacial score (nSPS) is 24.3. The van der Waals surface area contributed by atoms with E-state index in [9.17, 15) is 4.79 Å². The Bertz CT molecular complexity index is 648. The zero-order valence-corrected chi connectivity index (χ0v) is 18.7. The van der Waals surface area contributed by atoms with Gasteiger partial charge in [0.15, 0.2) is 20.2 Å². The summed E-state index contributed by atoms with van der Waals surface area (Å²) < 4.78 is 18.4. The van der Waals surface area contributed by atoms with E-state index < -0.39 is 14.4 Å². The highest BCUT2D eigenvalue weighted by Crippen LogP contribution is 2.39. The van der Waals surface area contributed by atoms with Crippen LogP contribution in [0.3, 0.4) is 0 Å². The van der Waals surface area contributed by atoms with Crippen LogP contribution in [0.5, 0.6) is 0 Å². The SMILES string of the molecule is CC(=O)C(OCc1ccccc1)[C@@H]1OC=C[C@H](O[Si](C)(C)C(C)(C)C)[C@H]1C. The van der Waals surface area contributed by atoms with Gasteiger partial charge in [0, 0.05) is 5.92 Å². The maximum absolute atomic E-state index is 12.3. The number of hydrogen-bond donors (Lipinski definition) is 0. The topological polar surface area (TPSA) is 44.8 Å². The molecule has 0 fully saturated rings. The first-order valence-corrected chi connectivity index (χ1v) is 12.6. The van der Waals surface area contributed by atoms with Crippen molar-refractivity contribution in [2.45, 2.75) is 77.7 Å². The van der Waals surface area contributed by atoms with E-state index in [1.165, 1.54) is 0 Å². The number of ether oxygens (including phenoxy) is 2. The van der Waals surface area contributed by atoms with Crippen LogP contribution < -0.4 is 0 Å². The summed E-state index contributed by atoms with van der Waals surface area (Å²) in [6.45, 7) is 15.2. The largest absolute Gasteiger partial charge is 0.495 e. The van der Waals surface area contributed by atoms with E-state index in [0.717, 1.165) is 5.56 Å². The van der Waals surface area contributed by atoms with E-state index in [-0.39, 0.29) is 28.9 Å². The maximum Gasteiger partial charge on any atom is 0.192 e. The van der Waals surface area contributed by atoms with Gasteiger partial charge in [0.05, 0.1) is 19.0 Å². The number of carbonyl (C=O) groups excluding carboxylic acids is 1. The fourth-order valence-electron chi connectivity index (χ4n) is 2.91. The minimum absolute atomic E-state index is 0.0220. The van der Waals surface area contributed by atoms with E-state index in [0.29, 0.717) is 6.61 Å². The van der Waals surface area contributed by atoms with Gasteiger partial charge in [-0.1, -0.05) is 58.0 Å². The Balaban J connectivity index is 2.11. The Morgan fingerprint density at radius 1 is 1.22 bits per heavy atom. The van der Waals surface area contributed by atoms with Gasteiger partial charge >= 0.3 is 0 Å². The number of Topliss-reactive ketones (excluding diaryl/α,β-unsaturated/α-hetero) is 1. The van der Waals surface area contributed by atoms with Gasteiger partial charge in [0.25, 0.3) is 0 Å². The Hall–Kier alpha value is -1.43. The lowest BCUT2D eigenvalue weighted by Gasteiger charge is -2.43. The van der Waals surface area contributed by atoms with E-state index >= 15 is 0 Å². The van der Waals surface area contributed by atoms with Gasteiger partial charge in [-0.25, -0.2) is 0 Å². The van der Waals surface area contributed by atoms with Crippen LogP contribution in [-0.2, 0) is 25.3 Å². The second kappa shape index (κ2) is 8.72. The maximum atomic E-state index is 12.3. The van der Waals surface area contributed by atoms with Crippen molar-refractivity contribution in [3.05, 3.63) is 48.2 Å². The monoisotopic (exact) mass is 390 g/mol. The average molecular weight is 391 g/mol. The van der Waals surface area contributed by atoms with Crippen LogP contribution in [0.15, 0.2) is 42.7 Å². The van der Waals surface area contributed by atoms with Gasteiger partial charge in [0.1, 0.15) is 6.10 Å². The highest BCUT2D eigenvalue weighted by Gasteiger charge is 2.44. The first-order chi connectivity index (χ1) is 12.5. The zero-order chi connectivity index (χ0) is 20.2. The van der Waals surface area contributed by atoms with Crippen LogP contribution in [0.4, 0.5) is 0 Å². The van der Waals surface area contributed by atoms with Gasteiger partial charge in [-0.05, 0) is 36.7 Å². The molecule has 0 aromatic heterocycles. The smallest absolute Gasteiger partial charge is 0.192 e. The summed E-state index contributed by atoms with van der Waals surface area (Å²) in [5, 5.41) is 0.123. The van der Waals surface area contributed by atoms with E-state index in [4.69, 9.17) is 13.9 Å². The Morgan fingerprint density at radius 2 is 1.85 bits per heavy atom. The van der Waals surface area contributed by atoms with Crippen molar-refractivity contribution in [2.75, 3.05) is 0 Å². The van der Waals surface area contributed by atoms with E-state index in [1.54, 1.807) is 13.2 Å². The molecule has 0 spiro atoms. The minimum Gasteiger partial charge on any atom is -0.495 e. The Morgan fingerprint density at radius 3 is 2.41 bits per heavy atom. The van der Waals surface area contributed by atoms with Gasteiger partial charge in [-0.15, -0.1) is 0 Å². The lowest BCUT2D eigenvalue weighted by atomic mass is 9.91. The summed E-state index contributed by atoms with van der Waals surface area (Å²) in [4.78, 5) is 12.3. The molecule has 0 saturated heterocycles. The molecule has 1 aliphatic heterocycles. The zero-order valence-electron chi connectivity index (χ0n) is 17.7. The molecule has 0 aliphatic carbocycles. The molecule has 0 bridgehead atoms. The van der Waals surface area contributed by atoms with Crippen molar-refractivity contribution in [2.24, 2.45) is 5.92 Å². The molecule has 27 heavy (non-hydrogen) atoms. The van der Waals surface area contributed by atoms with Crippen LogP contribution in [0.1, 0.15) is 40.2 Å². The minimum atomic E-state index is -1.93. The first-order valence-electron chi connectivity index (χ1n) is 9.69. The number of ketones is 1. The van der Waals surface area contributed by atoms with Crippen molar-refractivity contribution in [3.8, 4) is 0 Å². The molecule has 1 aliphatic rings. The molecule has 2 rings (SSSR count). The Labute approximate surface area is 165 Å². The lowest BCUT2D eigenvalue weighted by molar-refractivity contribution is -0.145. The molecular formula is C22H34O4Si. The predicted octanol–water partition coefficient (Wildman–Crippen LogP) is 5.10. The fourth-order valence-corrected chi connectivity index (χ4v) is 4.24. The predicted molar refractivity (Wildman–Crippen MR) is 111 cm³/mol. The van der Waals surface area contributed by atoms with Gasteiger partial charge < -0.3 is 13.9 Å². The molecule has 0 amide bonds. The molecule has 1 aromatic carbocycles. The molecule has 5 heteroatoms. The lowest BCUT2D eigenvalue weighted by Crippen LogP contribution is -2.51. The summed E-state index contributed by atoms with van der Waals surface area (Å²) >= 11 is 0. The third-order valence-electron chi connectivity index (χ3n) is 5.75. The third kappa shape index (κ3) is 5.53. The van der Waals surface area contributed by atoms with Crippen molar-refractivity contribution < 1.29 is 18.7 Å². The summed E-state index contributed by atoms with van der Waals surface area (Å²) in [5.74, 6) is -0.00189. The number of rotatable bonds is 7. The molecule has 1 aromatic rings. The van der Waals surface area contributed by atoms with Crippen LogP contribution in [0.2, 0.25) is 18.1 Å². The van der Waals surface area contributed by atoms with Crippen LogP contribution in [-0.4, -0.2) is 32.4 Å². The van der Waals surface area contributed by atoms with Crippen LogP contribution in [0.25, 0.3) is 0 Å². The van der Waals surface area contributed by atoms with Crippen LogP contribution >= 0.6 is 0 Å². The molecule has 1 heterocycles. The molecule has 4 atom stereocenters. The molecule has 1 unspecified atom stereocenters. The highest BCUT2D eigenvalue weighted by atomic mass is 28.4. The molecular weight excluding hydrogens is 356 g/mol. The summed E-state index contributed by atoms with van der Waals surface area (Å²) in [5.41, 5.74) is 1.04. The number of carbonyl (C=O) groups is 1. The van der Waals surface area contributed by atoms with Crippen molar-refractivity contribution in [1.29, 1.82) is 0 Å². The second-order valence-electron chi connectivity index (χ2n) is 8.96. The molecule has 4 nitrogen and oxygen atoms in total. The fraction of sp³-hybridized carbons (Fsp3) is 0.591. The number of benzene rings is 1. The van der Waals surface area contributed by atoms with E-state index in [1.807, 2.05) is 36.4 Å². The summed E-state index contributed by atoms with van der Waals surface area (Å²) in [6, 6.07) is 9.88. The number of hydrogen-bond acceptors (Lipinski definition) is 4. The van der Waals surface area contributed by atoms with Crippen molar-refractivity contribution in [3.63, 3.8) is 0 Å². The first kappa shape index (κ1) is 21.9. The van der Waals surface area contributed by atoms with Gasteiger partial charge in [-0.3, -0.25) is 4.79 Å². The van der Waals surface area contributed by atoms with Gasteiger partial charge in [0.2, 0.25) is 0 Å². The van der Waals surface area contributed by atoms with E-state index in [2.05, 4.69) is 40.8 Å². The average Bonchev–Trinajstić information content (AvgIpc) is 2.57. The molecule has 0 radical (unpaired) electrons. The molecule has 0 N–H and O–H groups in total. The summed E-state index contributed by atoms with van der Waals surface area (Å²) in [7, 11) is -1.93. The molecule has 0 saturated carbocycles. The summed E-state index contributed by atoms with van der Waals surface area (Å²) in [6.07, 6.45) is 2.59. The second-order valence-corrected chi connectivity index (χ2v) is 13.7. The van der Waals surface area contributed by atoms with Crippen molar-refractivity contribution in [1.82, 2.24) is 0 Å². The third-order valence-corrected chi connectivity index (χ3v) is 10.2. The van der Waals surface area contributed by atoms with Crippen molar-refractivity contribution >= 4 is 14.1 Å². The molecule has 150 valence electrons. The standard InChI is InChI=1S/C22H34O4Si/c1-16-19(26-27(6,7)22(3,4)5)13-14-24-20(16)21(17(2)23)25-15-18-11-9-8-10-12-18/h8-14,16,19-21H,15H2,1-7H3/t16-,19+,20-,21?/m1/s1. The Kier molecular flexibility index (Phi) is 7.06. The quantitative estimate of drug-likeness (QED) is 0.608. The highest BCUT2D eigenvalue weighted by molar-refractivity contribution is 6.74. The van der Waals surface area contributed by atoms with Gasteiger partial charge in [-0.2, -0.15) is 0 Å².